The second kappa shape index (κ2) is 17.6. The van der Waals surface area contributed by atoms with Crippen molar-refractivity contribution in [2.45, 2.75) is 0 Å². The summed E-state index contributed by atoms with van der Waals surface area (Å²) in [7, 11) is 0. The third-order valence-electron chi connectivity index (χ3n) is 14.7. The molecule has 1 heterocycles. The van der Waals surface area contributed by atoms with E-state index in [0.717, 1.165) is 78.3 Å². The van der Waals surface area contributed by atoms with E-state index in [1.807, 2.05) is 12.1 Å². The fourth-order valence-electron chi connectivity index (χ4n) is 11.1. The molecule has 3 nitrogen and oxygen atoms in total. The van der Waals surface area contributed by atoms with Crippen molar-refractivity contribution in [2.75, 3.05) is 9.80 Å². The summed E-state index contributed by atoms with van der Waals surface area (Å²) in [6.45, 7) is 0. The van der Waals surface area contributed by atoms with Crippen molar-refractivity contribution >= 4 is 99.2 Å². The van der Waals surface area contributed by atoms with Crippen LogP contribution in [0.3, 0.4) is 0 Å². The van der Waals surface area contributed by atoms with Crippen LogP contribution in [-0.2, 0) is 0 Å². The van der Waals surface area contributed by atoms with E-state index in [-0.39, 0.29) is 0 Å². The van der Waals surface area contributed by atoms with Gasteiger partial charge in [0.2, 0.25) is 0 Å². The van der Waals surface area contributed by atoms with Crippen molar-refractivity contribution in [3.8, 4) is 33.4 Å². The van der Waals surface area contributed by atoms with Crippen LogP contribution in [0.15, 0.2) is 283 Å². The Morgan fingerprint density at radius 2 is 0.644 bits per heavy atom. The lowest BCUT2D eigenvalue weighted by atomic mass is 9.92. The summed E-state index contributed by atoms with van der Waals surface area (Å²) in [6.07, 6.45) is 0. The maximum atomic E-state index is 6.47. The first-order valence-corrected chi connectivity index (χ1v) is 25.0. The number of hydrogen-bond acceptors (Lipinski definition) is 3. The molecule has 0 radical (unpaired) electrons. The summed E-state index contributed by atoms with van der Waals surface area (Å²) in [5.74, 6) is 0. The zero-order chi connectivity index (χ0) is 48.2. The molecule has 14 aromatic rings. The number of para-hydroxylation sites is 3. The Morgan fingerprint density at radius 1 is 0.233 bits per heavy atom. The van der Waals surface area contributed by atoms with Gasteiger partial charge >= 0.3 is 0 Å². The molecule has 14 rings (SSSR count). The first kappa shape index (κ1) is 42.2. The first-order chi connectivity index (χ1) is 36.2. The van der Waals surface area contributed by atoms with Gasteiger partial charge in [-0.15, -0.1) is 0 Å². The summed E-state index contributed by atoms with van der Waals surface area (Å²) in [5, 5.41) is 12.3. The van der Waals surface area contributed by atoms with E-state index in [1.54, 1.807) is 0 Å². The van der Waals surface area contributed by atoms with Gasteiger partial charge in [0.1, 0.15) is 11.2 Å². The quantitative estimate of drug-likeness (QED) is 0.135. The van der Waals surface area contributed by atoms with Gasteiger partial charge in [0.05, 0.1) is 5.69 Å². The molecule has 1 aromatic heterocycles. The lowest BCUT2D eigenvalue weighted by molar-refractivity contribution is 0.670. The Balaban J connectivity index is 0.828. The molecular weight excluding hydrogens is 885 g/mol. The van der Waals surface area contributed by atoms with Gasteiger partial charge in [-0.25, -0.2) is 0 Å². The molecule has 0 aliphatic heterocycles. The second-order valence-corrected chi connectivity index (χ2v) is 18.8. The Morgan fingerprint density at radius 3 is 1.26 bits per heavy atom. The van der Waals surface area contributed by atoms with E-state index in [1.165, 1.54) is 54.2 Å². The van der Waals surface area contributed by atoms with Crippen molar-refractivity contribution in [3.05, 3.63) is 279 Å². The highest BCUT2D eigenvalue weighted by atomic mass is 16.3. The SMILES string of the molecule is c1ccc(N(c2ccc(-c3ccc(N(c4ccc(-c5ccc6c7ccccc7c7ccccc7c6c5)cc4)c4ccc(-c5cccc6c5oc5ccccc56)cc4)cc3)cc2)c2cccc3ccccc23)cc1. The number of nitrogens with zero attached hydrogens (tertiary/aromatic N) is 2. The van der Waals surface area contributed by atoms with Gasteiger partial charge in [-0.05, 0) is 144 Å². The van der Waals surface area contributed by atoms with Crippen molar-refractivity contribution < 1.29 is 4.42 Å². The predicted octanol–water partition coefficient (Wildman–Crippen LogP) is 20.1. The third-order valence-corrected chi connectivity index (χ3v) is 14.7. The molecule has 13 aromatic carbocycles. The van der Waals surface area contributed by atoms with Crippen LogP contribution in [-0.4, -0.2) is 0 Å². The van der Waals surface area contributed by atoms with Gasteiger partial charge in [0.25, 0.3) is 0 Å². The molecule has 0 N–H and O–H groups in total. The largest absolute Gasteiger partial charge is 0.455 e. The number of rotatable bonds is 9. The second-order valence-electron chi connectivity index (χ2n) is 18.8. The summed E-state index contributed by atoms with van der Waals surface area (Å²) >= 11 is 0. The molecule has 0 aliphatic carbocycles. The number of hydrogen-bond donors (Lipinski definition) is 0. The minimum absolute atomic E-state index is 0.899. The third kappa shape index (κ3) is 7.37. The predicted molar refractivity (Wildman–Crippen MR) is 309 cm³/mol. The number of fused-ring (bicyclic) bond motifs is 10. The fraction of sp³-hybridized carbons (Fsp3) is 0. The number of anilines is 6. The van der Waals surface area contributed by atoms with Crippen molar-refractivity contribution in [1.29, 1.82) is 0 Å². The Bertz CT molecular complexity index is 4310. The highest BCUT2D eigenvalue weighted by Gasteiger charge is 2.19. The lowest BCUT2D eigenvalue weighted by Crippen LogP contribution is -2.10. The van der Waals surface area contributed by atoms with Crippen molar-refractivity contribution in [2.24, 2.45) is 0 Å². The van der Waals surface area contributed by atoms with Crippen LogP contribution in [0, 0.1) is 0 Å². The van der Waals surface area contributed by atoms with Crippen LogP contribution in [0.1, 0.15) is 0 Å². The standard InChI is InChI=1S/C70H46N2O/c1-2-16-53(17-3-1)72(68-26-12-15-50-14-4-5-18-58(50)68)57-41-30-48(31-42-57)47-28-37-54(38-29-47)71(56-43-34-51(35-44-56)59-24-13-25-66-65-23-10-11-27-69(65)73-70(59)66)55-39-32-49(33-40-55)52-36-45-64-62-21-7-6-19-60(62)61-20-8-9-22-63(61)67(64)46-52/h1-46H. The van der Waals surface area contributed by atoms with Crippen LogP contribution >= 0.6 is 0 Å². The Labute approximate surface area is 423 Å². The molecule has 0 aliphatic rings. The summed E-state index contributed by atoms with van der Waals surface area (Å²) < 4.78 is 6.47. The highest BCUT2D eigenvalue weighted by Crippen LogP contribution is 2.43. The maximum absolute atomic E-state index is 6.47. The zero-order valence-corrected chi connectivity index (χ0v) is 39.9. The minimum Gasteiger partial charge on any atom is -0.455 e. The highest BCUT2D eigenvalue weighted by molar-refractivity contribution is 6.25. The van der Waals surface area contributed by atoms with E-state index in [4.69, 9.17) is 4.42 Å². The molecule has 0 amide bonds. The molecule has 0 spiro atoms. The Kier molecular flexibility index (Phi) is 10.2. The molecule has 0 unspecified atom stereocenters. The van der Waals surface area contributed by atoms with Gasteiger partial charge in [-0.1, -0.05) is 200 Å². The zero-order valence-electron chi connectivity index (χ0n) is 39.9. The summed E-state index contributed by atoms with van der Waals surface area (Å²) in [5.41, 5.74) is 15.2. The van der Waals surface area contributed by atoms with Crippen LogP contribution in [0.25, 0.3) is 98.4 Å². The smallest absolute Gasteiger partial charge is 0.143 e. The lowest BCUT2D eigenvalue weighted by Gasteiger charge is -2.27. The maximum Gasteiger partial charge on any atom is 0.143 e. The first-order valence-electron chi connectivity index (χ1n) is 25.0. The average Bonchev–Trinajstić information content (AvgIpc) is 3.86. The van der Waals surface area contributed by atoms with Crippen LogP contribution < -0.4 is 9.80 Å². The van der Waals surface area contributed by atoms with Gasteiger partial charge in [-0.2, -0.15) is 0 Å². The molecule has 342 valence electrons. The van der Waals surface area contributed by atoms with E-state index in [2.05, 4.69) is 277 Å². The number of benzene rings is 13. The monoisotopic (exact) mass is 930 g/mol. The average molecular weight is 931 g/mol. The molecular formula is C70H46N2O. The molecule has 0 saturated heterocycles. The van der Waals surface area contributed by atoms with E-state index in [9.17, 15) is 0 Å². The normalized spacial score (nSPS) is 11.6. The van der Waals surface area contributed by atoms with E-state index < -0.39 is 0 Å². The van der Waals surface area contributed by atoms with Crippen molar-refractivity contribution in [3.63, 3.8) is 0 Å². The van der Waals surface area contributed by atoms with E-state index in [0.29, 0.717) is 0 Å². The van der Waals surface area contributed by atoms with Crippen LogP contribution in [0.2, 0.25) is 0 Å². The molecule has 0 saturated carbocycles. The molecule has 0 fully saturated rings. The molecule has 3 heteroatoms. The summed E-state index contributed by atoms with van der Waals surface area (Å²) in [6, 6.07) is 101. The summed E-state index contributed by atoms with van der Waals surface area (Å²) in [4.78, 5) is 4.70. The van der Waals surface area contributed by atoms with Gasteiger partial charge < -0.3 is 14.2 Å². The van der Waals surface area contributed by atoms with Crippen molar-refractivity contribution in [1.82, 2.24) is 0 Å². The Hall–Kier alpha value is -9.70. The topological polar surface area (TPSA) is 19.6 Å². The van der Waals surface area contributed by atoms with Gasteiger partial charge in [0, 0.05) is 50.2 Å². The molecule has 0 bridgehead atoms. The fourth-order valence-corrected chi connectivity index (χ4v) is 11.1. The molecule has 0 atom stereocenters. The molecule has 73 heavy (non-hydrogen) atoms. The van der Waals surface area contributed by atoms with Crippen LogP contribution in [0.5, 0.6) is 0 Å². The number of furan rings is 1. The van der Waals surface area contributed by atoms with Gasteiger partial charge in [0.15, 0.2) is 0 Å². The van der Waals surface area contributed by atoms with E-state index >= 15 is 0 Å². The van der Waals surface area contributed by atoms with Crippen LogP contribution in [0.4, 0.5) is 34.1 Å². The minimum atomic E-state index is 0.899. The van der Waals surface area contributed by atoms with Gasteiger partial charge in [-0.3, -0.25) is 0 Å².